The number of hydrogen-bond donors (Lipinski definition) is 8. The van der Waals surface area contributed by atoms with E-state index in [9.17, 15) is 24.3 Å². The number of ketones is 4. The molecular formula is C68H93BrCl4N4O9. The predicted molar refractivity (Wildman–Crippen MR) is 358 cm³/mol. The summed E-state index contributed by atoms with van der Waals surface area (Å²) < 4.78 is -0.269. The van der Waals surface area contributed by atoms with Crippen LogP contribution in [-0.4, -0.2) is 117 Å². The van der Waals surface area contributed by atoms with Gasteiger partial charge in [-0.1, -0.05) is 213 Å². The van der Waals surface area contributed by atoms with Crippen LogP contribution in [0.15, 0.2) is 157 Å². The molecule has 474 valence electrons. The predicted octanol–water partition coefficient (Wildman–Crippen LogP) is 11.9. The standard InChI is InChI=1S/4C14H19NO2.C12H13BrO.4ClH/c16-11-10-15-13(12-6-2-1-3-7-12)14(17)8-4-5-9-14;3*16-11-10-15-14(9-5-4-8-13(14)17)12-6-2-1-3-7-12;13-12(8-4-5-9-12)11(14)10-6-2-1-3-7-10;;;;/h1-3,6-7,16-17H,4-5,8-11H2;3*1-3,6-7,15-16H,4-5,8-11H2;1-3,6-7H,4-5,8-9H2;4*1H/t;2*14-;;;;;;/m.10....../s1. The smallest absolute Gasteiger partial charge is 0.179 e. The van der Waals surface area contributed by atoms with Gasteiger partial charge in [0.15, 0.2) is 23.1 Å². The molecule has 0 amide bonds. The number of carbonyl (C=O) groups excluding carboxylic acids is 4. The minimum atomic E-state index is -0.795. The van der Waals surface area contributed by atoms with Gasteiger partial charge in [-0.15, -0.1) is 49.6 Å². The number of halogens is 5. The highest BCUT2D eigenvalue weighted by Crippen LogP contribution is 2.41. The van der Waals surface area contributed by atoms with Gasteiger partial charge < -0.3 is 25.5 Å². The molecule has 0 heterocycles. The van der Waals surface area contributed by atoms with Gasteiger partial charge in [0.25, 0.3) is 0 Å². The first-order valence-corrected chi connectivity index (χ1v) is 30.7. The third-order valence-corrected chi connectivity index (χ3v) is 17.7. The van der Waals surface area contributed by atoms with E-state index >= 15 is 0 Å². The summed E-state index contributed by atoms with van der Waals surface area (Å²) in [7, 11) is 0. The van der Waals surface area contributed by atoms with Gasteiger partial charge in [-0.05, 0) is 86.5 Å². The normalized spacial score (nSPS) is 21.8. The SMILES string of the molecule is Cl.Cl.Cl.Cl.O=C(c1ccccc1)C1(Br)CCCC1.O=C1CCCCC1(NCCO)c1ccccc1.O=C1CCCC[C@@]1(NCCO)c1ccccc1.O=C1CCCC[C@]1(NCCO)c1ccccc1.OCCN=C(c1ccccc1)C1(O)CCCC1. The molecule has 5 aliphatic rings. The Labute approximate surface area is 543 Å². The van der Waals surface area contributed by atoms with Crippen LogP contribution in [0.25, 0.3) is 0 Å². The van der Waals surface area contributed by atoms with E-state index in [4.69, 9.17) is 20.4 Å². The molecule has 0 spiro atoms. The second-order valence-electron chi connectivity index (χ2n) is 22.1. The second-order valence-corrected chi connectivity index (χ2v) is 23.6. The summed E-state index contributed by atoms with van der Waals surface area (Å²) in [6, 6.07) is 48.9. The summed E-state index contributed by atoms with van der Waals surface area (Å²) in [4.78, 5) is 53.3. The second kappa shape index (κ2) is 40.4. The van der Waals surface area contributed by atoms with Gasteiger partial charge in [0.1, 0.15) is 22.2 Å². The first-order chi connectivity index (χ1) is 39.9. The number of alkyl halides is 1. The lowest BCUT2D eigenvalue weighted by Gasteiger charge is -2.37. The molecule has 5 aliphatic carbocycles. The lowest BCUT2D eigenvalue weighted by Crippen LogP contribution is -2.51. The van der Waals surface area contributed by atoms with Crippen LogP contribution in [-0.2, 0) is 31.0 Å². The Balaban J connectivity index is 0.000000363. The highest BCUT2D eigenvalue weighted by Gasteiger charge is 2.43. The Morgan fingerprint density at radius 3 is 1.00 bits per heavy atom. The maximum atomic E-state index is 12.3. The summed E-state index contributed by atoms with van der Waals surface area (Å²) in [5.74, 6) is 1.01. The zero-order valence-electron chi connectivity index (χ0n) is 49.6. The fraction of sp³-hybridized carbons (Fsp3) is 0.485. The van der Waals surface area contributed by atoms with E-state index in [1.807, 2.05) is 152 Å². The largest absolute Gasteiger partial charge is 0.395 e. The van der Waals surface area contributed by atoms with Gasteiger partial charge in [-0.3, -0.25) is 40.1 Å². The number of hydrogen-bond acceptors (Lipinski definition) is 13. The molecule has 5 aromatic carbocycles. The Hall–Kier alpha value is -4.23. The number of aliphatic imine (C=N–C) groups is 1. The number of nitrogens with zero attached hydrogens (tertiary/aromatic N) is 1. The fourth-order valence-corrected chi connectivity index (χ4v) is 13.1. The Morgan fingerprint density at radius 1 is 0.407 bits per heavy atom. The van der Waals surface area contributed by atoms with Crippen molar-refractivity contribution in [2.75, 3.05) is 52.6 Å². The minimum Gasteiger partial charge on any atom is -0.395 e. The fourth-order valence-electron chi connectivity index (χ4n) is 12.3. The van der Waals surface area contributed by atoms with E-state index in [1.54, 1.807) is 0 Å². The Bertz CT molecular complexity index is 2550. The average molecular weight is 1330 g/mol. The molecule has 5 fully saturated rings. The van der Waals surface area contributed by atoms with Crippen LogP contribution < -0.4 is 16.0 Å². The summed E-state index contributed by atoms with van der Waals surface area (Å²) in [5.41, 5.74) is 3.11. The average Bonchev–Trinajstić information content (AvgIpc) is 2.50. The first-order valence-electron chi connectivity index (χ1n) is 29.9. The van der Waals surface area contributed by atoms with Crippen LogP contribution in [0, 0.1) is 0 Å². The molecular weight excluding hydrogens is 1240 g/mol. The number of carbonyl (C=O) groups is 4. The van der Waals surface area contributed by atoms with E-state index in [0.717, 1.165) is 143 Å². The molecule has 18 heteroatoms. The molecule has 5 saturated carbocycles. The first kappa shape index (κ1) is 77.9. The number of benzene rings is 5. The van der Waals surface area contributed by atoms with E-state index < -0.39 is 22.2 Å². The summed E-state index contributed by atoms with van der Waals surface area (Å²) in [6.45, 7) is 1.92. The van der Waals surface area contributed by atoms with Crippen LogP contribution in [0.5, 0.6) is 0 Å². The number of aliphatic hydroxyl groups is 5. The minimum absolute atomic E-state index is 0. The topological polar surface area (TPSA) is 218 Å². The number of Topliss-reactive ketones (excluding diaryl/α,β-unsaturated/α-hetero) is 4. The zero-order chi connectivity index (χ0) is 58.6. The third kappa shape index (κ3) is 21.2. The van der Waals surface area contributed by atoms with Crippen LogP contribution in [0.2, 0.25) is 0 Å². The van der Waals surface area contributed by atoms with E-state index in [1.165, 1.54) is 0 Å². The van der Waals surface area contributed by atoms with Gasteiger partial charge in [0, 0.05) is 44.5 Å². The monoisotopic (exact) mass is 1330 g/mol. The molecule has 3 atom stereocenters. The molecule has 1 unspecified atom stereocenters. The highest BCUT2D eigenvalue weighted by molar-refractivity contribution is 9.10. The Kier molecular flexibility index (Phi) is 36.6. The van der Waals surface area contributed by atoms with Crippen molar-refractivity contribution < 1.29 is 44.7 Å². The molecule has 0 bridgehead atoms. The summed E-state index contributed by atoms with van der Waals surface area (Å²) >= 11 is 3.60. The maximum Gasteiger partial charge on any atom is 0.179 e. The van der Waals surface area contributed by atoms with Crippen molar-refractivity contribution in [1.82, 2.24) is 16.0 Å². The maximum absolute atomic E-state index is 12.3. The molecule has 0 radical (unpaired) electrons. The third-order valence-electron chi connectivity index (χ3n) is 16.6. The van der Waals surface area contributed by atoms with Crippen LogP contribution in [0.3, 0.4) is 0 Å². The summed E-state index contributed by atoms with van der Waals surface area (Å²) in [5, 5.41) is 56.2. The highest BCUT2D eigenvalue weighted by atomic mass is 79.9. The van der Waals surface area contributed by atoms with E-state index in [0.29, 0.717) is 45.4 Å². The molecule has 0 aliphatic heterocycles. The van der Waals surface area contributed by atoms with Crippen molar-refractivity contribution in [3.63, 3.8) is 0 Å². The molecule has 86 heavy (non-hydrogen) atoms. The van der Waals surface area contributed by atoms with Crippen molar-refractivity contribution >= 4 is 94.4 Å². The molecule has 10 rings (SSSR count). The van der Waals surface area contributed by atoms with Gasteiger partial charge in [-0.2, -0.15) is 0 Å². The summed E-state index contributed by atoms with van der Waals surface area (Å²) in [6.07, 6.45) is 18.4. The van der Waals surface area contributed by atoms with Crippen molar-refractivity contribution in [2.24, 2.45) is 4.99 Å². The quantitative estimate of drug-likeness (QED) is 0.0234. The molecule has 0 saturated heterocycles. The van der Waals surface area contributed by atoms with Crippen molar-refractivity contribution in [3.8, 4) is 0 Å². The van der Waals surface area contributed by atoms with Crippen LogP contribution >= 0.6 is 65.6 Å². The van der Waals surface area contributed by atoms with Gasteiger partial charge in [0.2, 0.25) is 0 Å². The number of aliphatic hydroxyl groups excluding tert-OH is 4. The molecule has 8 N–H and O–H groups in total. The number of rotatable bonds is 18. The van der Waals surface area contributed by atoms with Crippen molar-refractivity contribution in [1.29, 1.82) is 0 Å². The van der Waals surface area contributed by atoms with Crippen molar-refractivity contribution in [2.45, 2.75) is 155 Å². The molecule has 13 nitrogen and oxygen atoms in total. The van der Waals surface area contributed by atoms with E-state index in [-0.39, 0.29) is 104 Å². The lowest BCUT2D eigenvalue weighted by atomic mass is 9.75. The lowest BCUT2D eigenvalue weighted by molar-refractivity contribution is -0.128. The van der Waals surface area contributed by atoms with Gasteiger partial charge in [0.05, 0.1) is 43.0 Å². The van der Waals surface area contributed by atoms with E-state index in [2.05, 4.69) is 36.9 Å². The van der Waals surface area contributed by atoms with Gasteiger partial charge in [-0.25, -0.2) is 0 Å². The number of nitrogens with one attached hydrogen (secondary N) is 3. The van der Waals surface area contributed by atoms with Gasteiger partial charge >= 0.3 is 0 Å². The zero-order valence-corrected chi connectivity index (χ0v) is 54.4. The van der Waals surface area contributed by atoms with Crippen molar-refractivity contribution in [3.05, 3.63) is 179 Å². The van der Waals surface area contributed by atoms with Crippen LogP contribution in [0.1, 0.15) is 161 Å². The Morgan fingerprint density at radius 2 is 0.698 bits per heavy atom. The van der Waals surface area contributed by atoms with Crippen LogP contribution in [0.4, 0.5) is 0 Å². The molecule has 5 aromatic rings. The molecule has 0 aromatic heterocycles.